The molecule has 1 aliphatic carbocycles. The number of carbonyl (C=O) groups is 1. The molecule has 0 aromatic heterocycles. The molecule has 0 bridgehead atoms. The van der Waals surface area contributed by atoms with Gasteiger partial charge in [0, 0.05) is 25.8 Å². The smallest absolute Gasteiger partial charge is 0.184 e. The van der Waals surface area contributed by atoms with E-state index in [0.29, 0.717) is 16.9 Å². The van der Waals surface area contributed by atoms with E-state index in [9.17, 15) is 4.79 Å². The predicted molar refractivity (Wildman–Crippen MR) is 86.9 cm³/mol. The number of hydrogen-bond acceptors (Lipinski definition) is 4. The maximum atomic E-state index is 11.7. The summed E-state index contributed by atoms with van der Waals surface area (Å²) < 4.78 is 5.41. The Kier molecular flexibility index (Phi) is 4.26. The van der Waals surface area contributed by atoms with Crippen LogP contribution in [0.25, 0.3) is 0 Å². The molecule has 0 saturated heterocycles. The lowest BCUT2D eigenvalue weighted by Gasteiger charge is -2.15. The van der Waals surface area contributed by atoms with Gasteiger partial charge < -0.3 is 9.64 Å². The molecule has 0 fully saturated rings. The number of hydrogen-bond donors (Lipinski definition) is 0. The maximum Gasteiger partial charge on any atom is 0.184 e. The van der Waals surface area contributed by atoms with Crippen molar-refractivity contribution in [3.63, 3.8) is 0 Å². The van der Waals surface area contributed by atoms with Crippen molar-refractivity contribution >= 4 is 22.9 Å². The number of allylic oxidation sites excluding steroid dienone is 4. The first-order valence-corrected chi connectivity index (χ1v) is 6.77. The number of anilines is 1. The van der Waals surface area contributed by atoms with Crippen molar-refractivity contribution in [1.29, 1.82) is 0 Å². The molecule has 0 amide bonds. The van der Waals surface area contributed by atoms with Crippen molar-refractivity contribution in [2.45, 2.75) is 13.8 Å². The van der Waals surface area contributed by atoms with Crippen LogP contribution < -0.4 is 9.64 Å². The summed E-state index contributed by atoms with van der Waals surface area (Å²) in [4.78, 5) is 18.3. The molecule has 4 heteroatoms. The first kappa shape index (κ1) is 15.0. The van der Waals surface area contributed by atoms with Crippen LogP contribution >= 0.6 is 0 Å². The van der Waals surface area contributed by atoms with E-state index in [4.69, 9.17) is 4.74 Å². The standard InChI is InChI=1S/C17H20N2O2/c1-11-8-13(9-12(2)17(11)20)18-15-7-6-14(19(3)4)10-16(15)21-5/h6-10H,1-5H3. The van der Waals surface area contributed by atoms with E-state index in [1.807, 2.05) is 37.2 Å². The number of rotatable bonds is 3. The van der Waals surface area contributed by atoms with Crippen molar-refractivity contribution < 1.29 is 9.53 Å². The molecule has 0 aliphatic heterocycles. The van der Waals surface area contributed by atoms with Gasteiger partial charge in [-0.2, -0.15) is 0 Å². The van der Waals surface area contributed by atoms with E-state index in [-0.39, 0.29) is 5.78 Å². The third-order valence-corrected chi connectivity index (χ3v) is 3.37. The lowest BCUT2D eigenvalue weighted by molar-refractivity contribution is -0.112. The Hall–Kier alpha value is -2.36. The zero-order valence-corrected chi connectivity index (χ0v) is 13.1. The van der Waals surface area contributed by atoms with Crippen molar-refractivity contribution in [2.75, 3.05) is 26.1 Å². The van der Waals surface area contributed by atoms with Gasteiger partial charge in [0.1, 0.15) is 11.4 Å². The summed E-state index contributed by atoms with van der Waals surface area (Å²) in [6.45, 7) is 3.61. The molecule has 110 valence electrons. The van der Waals surface area contributed by atoms with Gasteiger partial charge in [0.15, 0.2) is 5.78 Å². The monoisotopic (exact) mass is 284 g/mol. The Morgan fingerprint density at radius 3 is 2.24 bits per heavy atom. The molecule has 0 saturated carbocycles. The topological polar surface area (TPSA) is 41.9 Å². The number of ketones is 1. The minimum atomic E-state index is 0.0730. The molecular weight excluding hydrogens is 264 g/mol. The van der Waals surface area contributed by atoms with E-state index in [2.05, 4.69) is 4.99 Å². The van der Waals surface area contributed by atoms with Crippen molar-refractivity contribution in [2.24, 2.45) is 4.99 Å². The number of aliphatic imine (C=N–C) groups is 1. The molecule has 0 heterocycles. The van der Waals surface area contributed by atoms with Gasteiger partial charge in [-0.3, -0.25) is 4.79 Å². The maximum absolute atomic E-state index is 11.7. The highest BCUT2D eigenvalue weighted by molar-refractivity contribution is 6.21. The molecule has 21 heavy (non-hydrogen) atoms. The highest BCUT2D eigenvalue weighted by atomic mass is 16.5. The lowest BCUT2D eigenvalue weighted by Crippen LogP contribution is -2.10. The van der Waals surface area contributed by atoms with E-state index < -0.39 is 0 Å². The van der Waals surface area contributed by atoms with Gasteiger partial charge in [0.25, 0.3) is 0 Å². The summed E-state index contributed by atoms with van der Waals surface area (Å²) in [5.41, 5.74) is 3.98. The Labute approximate surface area is 125 Å². The fourth-order valence-corrected chi connectivity index (χ4v) is 2.17. The summed E-state index contributed by atoms with van der Waals surface area (Å²) >= 11 is 0. The van der Waals surface area contributed by atoms with Crippen LogP contribution in [0, 0.1) is 0 Å². The second-order valence-electron chi connectivity index (χ2n) is 5.27. The van der Waals surface area contributed by atoms with E-state index in [0.717, 1.165) is 17.1 Å². The van der Waals surface area contributed by atoms with Crippen LogP contribution in [-0.2, 0) is 4.79 Å². The van der Waals surface area contributed by atoms with Crippen molar-refractivity contribution in [3.05, 3.63) is 41.5 Å². The van der Waals surface area contributed by atoms with Crippen LogP contribution in [0.1, 0.15) is 13.8 Å². The van der Waals surface area contributed by atoms with Crippen LogP contribution in [0.3, 0.4) is 0 Å². The van der Waals surface area contributed by atoms with E-state index >= 15 is 0 Å². The van der Waals surface area contributed by atoms with Crippen molar-refractivity contribution in [3.8, 4) is 5.75 Å². The first-order valence-electron chi connectivity index (χ1n) is 6.77. The quantitative estimate of drug-likeness (QED) is 0.800. The van der Waals surface area contributed by atoms with Gasteiger partial charge in [0.2, 0.25) is 0 Å². The third-order valence-electron chi connectivity index (χ3n) is 3.37. The molecule has 1 aromatic rings. The molecule has 1 aromatic carbocycles. The minimum Gasteiger partial charge on any atom is -0.494 e. The Morgan fingerprint density at radius 1 is 1.10 bits per heavy atom. The normalized spacial score (nSPS) is 14.5. The third kappa shape index (κ3) is 3.21. The van der Waals surface area contributed by atoms with Crippen LogP contribution in [0.15, 0.2) is 46.5 Å². The van der Waals surface area contributed by atoms with Crippen LogP contribution in [-0.4, -0.2) is 32.7 Å². The van der Waals surface area contributed by atoms with Gasteiger partial charge in [-0.15, -0.1) is 0 Å². The van der Waals surface area contributed by atoms with Gasteiger partial charge in [-0.25, -0.2) is 4.99 Å². The fourth-order valence-electron chi connectivity index (χ4n) is 2.17. The number of Topliss-reactive ketones (excluding diaryl/α,β-unsaturated/α-hetero) is 1. The summed E-state index contributed by atoms with van der Waals surface area (Å²) in [5, 5.41) is 0. The molecule has 0 radical (unpaired) electrons. The average Bonchev–Trinajstić information content (AvgIpc) is 2.44. The van der Waals surface area contributed by atoms with E-state index in [1.165, 1.54) is 0 Å². The van der Waals surface area contributed by atoms with Gasteiger partial charge in [0.05, 0.1) is 12.8 Å². The first-order chi connectivity index (χ1) is 9.92. The molecule has 1 aliphatic rings. The summed E-state index contributed by atoms with van der Waals surface area (Å²) in [5.74, 6) is 0.784. The number of carbonyl (C=O) groups excluding carboxylic acids is 1. The molecular formula is C17H20N2O2. The number of ether oxygens (including phenoxy) is 1. The number of nitrogens with zero attached hydrogens (tertiary/aromatic N) is 2. The minimum absolute atomic E-state index is 0.0730. The summed E-state index contributed by atoms with van der Waals surface area (Å²) in [7, 11) is 5.58. The highest BCUT2D eigenvalue weighted by Gasteiger charge is 2.14. The zero-order chi connectivity index (χ0) is 15.6. The fraction of sp³-hybridized carbons (Fsp3) is 0.294. The largest absolute Gasteiger partial charge is 0.494 e. The van der Waals surface area contributed by atoms with Gasteiger partial charge >= 0.3 is 0 Å². The molecule has 2 rings (SSSR count). The lowest BCUT2D eigenvalue weighted by atomic mass is 9.98. The van der Waals surface area contributed by atoms with Crippen molar-refractivity contribution in [1.82, 2.24) is 0 Å². The Balaban J connectivity index is 2.44. The summed E-state index contributed by atoms with van der Waals surface area (Å²) in [6.07, 6.45) is 3.60. The second-order valence-corrected chi connectivity index (χ2v) is 5.27. The molecule has 0 spiro atoms. The number of benzene rings is 1. The van der Waals surface area contributed by atoms with Gasteiger partial charge in [-0.1, -0.05) is 0 Å². The van der Waals surface area contributed by atoms with Crippen LogP contribution in [0.2, 0.25) is 0 Å². The highest BCUT2D eigenvalue weighted by Crippen LogP contribution is 2.32. The SMILES string of the molecule is COc1cc(N(C)C)ccc1N=C1C=C(C)C(=O)C(C)=C1. The van der Waals surface area contributed by atoms with Gasteiger partial charge in [-0.05, 0) is 49.3 Å². The summed E-state index contributed by atoms with van der Waals surface area (Å²) in [6, 6.07) is 5.85. The Bertz CT molecular complexity index is 643. The Morgan fingerprint density at radius 2 is 1.71 bits per heavy atom. The second kappa shape index (κ2) is 5.95. The predicted octanol–water partition coefficient (Wildman–Crippen LogP) is 3.31. The van der Waals surface area contributed by atoms with E-state index in [1.54, 1.807) is 33.1 Å². The molecule has 0 N–H and O–H groups in total. The zero-order valence-electron chi connectivity index (χ0n) is 13.1. The molecule has 0 atom stereocenters. The van der Waals surface area contributed by atoms with Crippen LogP contribution in [0.5, 0.6) is 5.75 Å². The average molecular weight is 284 g/mol. The number of methoxy groups -OCH3 is 1. The molecule has 0 unspecified atom stereocenters. The molecule has 4 nitrogen and oxygen atoms in total. The van der Waals surface area contributed by atoms with Crippen LogP contribution in [0.4, 0.5) is 11.4 Å².